The number of esters is 1. The number of rotatable bonds is 2. The number of ether oxygens (including phenoxy) is 1. The summed E-state index contributed by atoms with van der Waals surface area (Å²) in [6.07, 6.45) is 6.38. The third-order valence-electron chi connectivity index (χ3n) is 2.12. The van der Waals surface area contributed by atoms with E-state index in [0.717, 1.165) is 18.4 Å². The molecule has 13 heavy (non-hydrogen) atoms. The maximum atomic E-state index is 11.4. The second kappa shape index (κ2) is 5.43. The fourth-order valence-corrected chi connectivity index (χ4v) is 2.13. The van der Waals surface area contributed by atoms with Gasteiger partial charge < -0.3 is 4.74 Å². The van der Waals surface area contributed by atoms with E-state index >= 15 is 0 Å². The summed E-state index contributed by atoms with van der Waals surface area (Å²) in [6.45, 7) is 2.29. The molecule has 0 aromatic heterocycles. The van der Waals surface area contributed by atoms with Crippen molar-refractivity contribution in [2.24, 2.45) is 0 Å². The lowest BCUT2D eigenvalue weighted by Gasteiger charge is -2.10. The third-order valence-corrected chi connectivity index (χ3v) is 3.08. The first-order chi connectivity index (χ1) is 6.25. The molecule has 0 spiro atoms. The lowest BCUT2D eigenvalue weighted by Crippen LogP contribution is -2.15. The molecule has 1 atom stereocenters. The lowest BCUT2D eigenvalue weighted by atomic mass is 10.1. The Hall–Kier alpha value is -0.310. The van der Waals surface area contributed by atoms with E-state index in [2.05, 4.69) is 15.9 Å². The van der Waals surface area contributed by atoms with Crippen LogP contribution in [0.2, 0.25) is 0 Å². The Morgan fingerprint density at radius 2 is 2.46 bits per heavy atom. The zero-order valence-electron chi connectivity index (χ0n) is 7.88. The van der Waals surface area contributed by atoms with Crippen LogP contribution in [-0.2, 0) is 9.53 Å². The van der Waals surface area contributed by atoms with Gasteiger partial charge in [-0.2, -0.15) is 0 Å². The maximum absolute atomic E-state index is 11.4. The molecule has 0 bridgehead atoms. The summed E-state index contributed by atoms with van der Waals surface area (Å²) in [7, 11) is 0. The number of hydrogen-bond donors (Lipinski definition) is 0. The topological polar surface area (TPSA) is 26.3 Å². The molecule has 0 radical (unpaired) electrons. The quantitative estimate of drug-likeness (QED) is 0.554. The van der Waals surface area contributed by atoms with Crippen LogP contribution in [0.25, 0.3) is 0 Å². The van der Waals surface area contributed by atoms with Crippen LogP contribution in [0.5, 0.6) is 0 Å². The van der Waals surface area contributed by atoms with Crippen molar-refractivity contribution >= 4 is 21.9 Å². The Bertz CT molecular complexity index is 211. The summed E-state index contributed by atoms with van der Waals surface area (Å²) < 4.78 is 4.97. The van der Waals surface area contributed by atoms with Crippen LogP contribution >= 0.6 is 15.9 Å². The van der Waals surface area contributed by atoms with Crippen LogP contribution in [0.1, 0.15) is 32.6 Å². The Balaban J connectivity index is 2.62. The van der Waals surface area contributed by atoms with Gasteiger partial charge in [-0.05, 0) is 26.2 Å². The first-order valence-corrected chi connectivity index (χ1v) is 5.68. The molecule has 0 aromatic rings. The first kappa shape index (κ1) is 10.8. The van der Waals surface area contributed by atoms with Gasteiger partial charge in [0.2, 0.25) is 0 Å². The summed E-state index contributed by atoms with van der Waals surface area (Å²) in [4.78, 5) is 11.6. The van der Waals surface area contributed by atoms with Gasteiger partial charge in [-0.15, -0.1) is 0 Å². The highest BCUT2D eigenvalue weighted by molar-refractivity contribution is 9.09. The normalized spacial score (nSPS) is 23.2. The van der Waals surface area contributed by atoms with Crippen molar-refractivity contribution in [3.8, 4) is 0 Å². The van der Waals surface area contributed by atoms with E-state index < -0.39 is 0 Å². The summed E-state index contributed by atoms with van der Waals surface area (Å²) in [5, 5.41) is 0. The average Bonchev–Trinajstić information content (AvgIpc) is 2.30. The minimum absolute atomic E-state index is 0.161. The highest BCUT2D eigenvalue weighted by atomic mass is 79.9. The predicted molar refractivity (Wildman–Crippen MR) is 55.9 cm³/mol. The molecule has 0 aromatic carbocycles. The minimum atomic E-state index is -0.161. The Labute approximate surface area is 87.5 Å². The summed E-state index contributed by atoms with van der Waals surface area (Å²) in [5.41, 5.74) is 0.805. The van der Waals surface area contributed by atoms with Gasteiger partial charge in [-0.25, -0.2) is 4.79 Å². The molecule has 1 aliphatic carbocycles. The summed E-state index contributed by atoms with van der Waals surface area (Å²) in [6, 6.07) is 0. The number of allylic oxidation sites excluding steroid dienone is 1. The fourth-order valence-electron chi connectivity index (χ4n) is 1.43. The van der Waals surface area contributed by atoms with Crippen molar-refractivity contribution in [2.45, 2.75) is 37.4 Å². The standard InChI is InChI=1S/C10H15BrO2/c1-2-13-10(12)8-6-4-3-5-7-9(8)11/h6,9H,2-5,7H2,1H3. The van der Waals surface area contributed by atoms with E-state index in [0.29, 0.717) is 6.61 Å². The molecule has 0 saturated heterocycles. The smallest absolute Gasteiger partial charge is 0.334 e. The molecular formula is C10H15BrO2. The maximum Gasteiger partial charge on any atom is 0.334 e. The Kier molecular flexibility index (Phi) is 4.50. The number of halogens is 1. The highest BCUT2D eigenvalue weighted by Gasteiger charge is 2.20. The van der Waals surface area contributed by atoms with Gasteiger partial charge in [0, 0.05) is 10.4 Å². The van der Waals surface area contributed by atoms with Crippen LogP contribution in [0.4, 0.5) is 0 Å². The van der Waals surface area contributed by atoms with Crippen molar-refractivity contribution in [3.63, 3.8) is 0 Å². The molecule has 2 nitrogen and oxygen atoms in total. The van der Waals surface area contributed by atoms with E-state index in [1.807, 2.05) is 13.0 Å². The highest BCUT2D eigenvalue weighted by Crippen LogP contribution is 2.24. The van der Waals surface area contributed by atoms with Gasteiger partial charge >= 0.3 is 5.97 Å². The van der Waals surface area contributed by atoms with Crippen LogP contribution in [0.15, 0.2) is 11.6 Å². The summed E-state index contributed by atoms with van der Waals surface area (Å²) in [5.74, 6) is -0.161. The van der Waals surface area contributed by atoms with E-state index in [-0.39, 0.29) is 10.8 Å². The van der Waals surface area contributed by atoms with E-state index in [1.165, 1.54) is 12.8 Å². The second-order valence-corrected chi connectivity index (χ2v) is 4.24. The van der Waals surface area contributed by atoms with Gasteiger partial charge in [-0.1, -0.05) is 28.4 Å². The average molecular weight is 247 g/mol. The largest absolute Gasteiger partial charge is 0.463 e. The van der Waals surface area contributed by atoms with Crippen LogP contribution < -0.4 is 0 Å². The predicted octanol–water partition coefficient (Wildman–Crippen LogP) is 2.81. The summed E-state index contributed by atoms with van der Waals surface area (Å²) >= 11 is 3.51. The number of carbonyl (C=O) groups excluding carboxylic acids is 1. The molecule has 0 fully saturated rings. The Morgan fingerprint density at radius 1 is 1.69 bits per heavy atom. The van der Waals surface area contributed by atoms with Crippen molar-refractivity contribution in [3.05, 3.63) is 11.6 Å². The van der Waals surface area contributed by atoms with Crippen LogP contribution in [0.3, 0.4) is 0 Å². The molecule has 0 aliphatic heterocycles. The lowest BCUT2D eigenvalue weighted by molar-refractivity contribution is -0.138. The van der Waals surface area contributed by atoms with E-state index in [1.54, 1.807) is 0 Å². The minimum Gasteiger partial charge on any atom is -0.463 e. The van der Waals surface area contributed by atoms with Crippen LogP contribution in [0, 0.1) is 0 Å². The van der Waals surface area contributed by atoms with Crippen molar-refractivity contribution in [1.82, 2.24) is 0 Å². The van der Waals surface area contributed by atoms with Crippen LogP contribution in [-0.4, -0.2) is 17.4 Å². The first-order valence-electron chi connectivity index (χ1n) is 4.77. The van der Waals surface area contributed by atoms with Gasteiger partial charge in [-0.3, -0.25) is 0 Å². The number of hydrogen-bond acceptors (Lipinski definition) is 2. The van der Waals surface area contributed by atoms with Gasteiger partial charge in [0.25, 0.3) is 0 Å². The molecular weight excluding hydrogens is 232 g/mol. The molecule has 3 heteroatoms. The molecule has 74 valence electrons. The van der Waals surface area contributed by atoms with E-state index in [4.69, 9.17) is 4.74 Å². The molecule has 1 unspecified atom stereocenters. The second-order valence-electron chi connectivity index (χ2n) is 3.13. The number of alkyl halides is 1. The molecule has 0 heterocycles. The molecule has 0 amide bonds. The van der Waals surface area contributed by atoms with E-state index in [9.17, 15) is 4.79 Å². The third kappa shape index (κ3) is 3.14. The molecule has 0 N–H and O–H groups in total. The monoisotopic (exact) mass is 246 g/mol. The van der Waals surface area contributed by atoms with Gasteiger partial charge in [0.1, 0.15) is 0 Å². The molecule has 0 saturated carbocycles. The molecule has 1 rings (SSSR count). The molecule has 1 aliphatic rings. The zero-order chi connectivity index (χ0) is 9.68. The van der Waals surface area contributed by atoms with Gasteiger partial charge in [0.15, 0.2) is 0 Å². The fraction of sp³-hybridized carbons (Fsp3) is 0.700. The zero-order valence-corrected chi connectivity index (χ0v) is 9.47. The van der Waals surface area contributed by atoms with Crippen molar-refractivity contribution < 1.29 is 9.53 Å². The van der Waals surface area contributed by atoms with Crippen molar-refractivity contribution in [1.29, 1.82) is 0 Å². The SMILES string of the molecule is CCOC(=O)C1=CCCCCC1Br. The van der Waals surface area contributed by atoms with Crippen molar-refractivity contribution in [2.75, 3.05) is 6.61 Å². The van der Waals surface area contributed by atoms with Gasteiger partial charge in [0.05, 0.1) is 6.61 Å². The number of carbonyl (C=O) groups is 1. The Morgan fingerprint density at radius 3 is 3.15 bits per heavy atom.